The summed E-state index contributed by atoms with van der Waals surface area (Å²) in [5, 5.41) is 2.90. The third-order valence-electron chi connectivity index (χ3n) is 4.25. The molecule has 5 nitrogen and oxygen atoms in total. The number of aryl methyl sites for hydroxylation is 1. The molecule has 4 aromatic rings. The zero-order chi connectivity index (χ0) is 17.9. The highest BCUT2D eigenvalue weighted by molar-refractivity contribution is 5.95. The molecule has 2 aromatic carbocycles. The Morgan fingerprint density at radius 1 is 0.962 bits per heavy atom. The van der Waals surface area contributed by atoms with Crippen molar-refractivity contribution < 1.29 is 4.79 Å². The van der Waals surface area contributed by atoms with Gasteiger partial charge in [0.2, 0.25) is 0 Å². The van der Waals surface area contributed by atoms with E-state index in [0.29, 0.717) is 17.8 Å². The molecule has 4 rings (SSSR count). The average Bonchev–Trinajstić information content (AvgIpc) is 3.10. The molecular formula is C21H18N4O. The van der Waals surface area contributed by atoms with Crippen LogP contribution in [0.4, 0.5) is 0 Å². The highest BCUT2D eigenvalue weighted by Crippen LogP contribution is 2.18. The molecule has 2 heterocycles. The van der Waals surface area contributed by atoms with E-state index >= 15 is 0 Å². The van der Waals surface area contributed by atoms with E-state index in [1.807, 2.05) is 73.7 Å². The van der Waals surface area contributed by atoms with Gasteiger partial charge in [0.05, 0.1) is 34.5 Å². The molecule has 0 aliphatic rings. The Kier molecular flexibility index (Phi) is 4.19. The van der Waals surface area contributed by atoms with Crippen molar-refractivity contribution >= 4 is 16.9 Å². The number of fused-ring (bicyclic) bond motifs is 1. The van der Waals surface area contributed by atoms with Crippen molar-refractivity contribution in [2.24, 2.45) is 0 Å². The van der Waals surface area contributed by atoms with Gasteiger partial charge in [0.15, 0.2) is 0 Å². The molecule has 0 aliphatic heterocycles. The fourth-order valence-corrected chi connectivity index (χ4v) is 2.92. The van der Waals surface area contributed by atoms with Crippen LogP contribution in [0.15, 0.2) is 66.7 Å². The minimum absolute atomic E-state index is 0.157. The summed E-state index contributed by atoms with van der Waals surface area (Å²) in [6.07, 6.45) is 0. The molecule has 0 atom stereocenters. The van der Waals surface area contributed by atoms with Gasteiger partial charge >= 0.3 is 0 Å². The number of hydrogen-bond acceptors (Lipinski definition) is 3. The second-order valence-electron chi connectivity index (χ2n) is 6.08. The van der Waals surface area contributed by atoms with Crippen LogP contribution >= 0.6 is 0 Å². The van der Waals surface area contributed by atoms with E-state index in [4.69, 9.17) is 0 Å². The Hall–Kier alpha value is -3.47. The number of pyridine rings is 1. The number of aromatic amines is 1. The monoisotopic (exact) mass is 342 g/mol. The van der Waals surface area contributed by atoms with Crippen LogP contribution in [-0.4, -0.2) is 20.9 Å². The van der Waals surface area contributed by atoms with Gasteiger partial charge in [0.1, 0.15) is 5.82 Å². The average molecular weight is 342 g/mol. The third kappa shape index (κ3) is 3.19. The summed E-state index contributed by atoms with van der Waals surface area (Å²) in [6, 6.07) is 21.4. The lowest BCUT2D eigenvalue weighted by Crippen LogP contribution is -2.24. The van der Waals surface area contributed by atoms with E-state index in [1.54, 1.807) is 0 Å². The number of aromatic nitrogens is 3. The van der Waals surface area contributed by atoms with Crippen LogP contribution in [-0.2, 0) is 6.54 Å². The predicted octanol–water partition coefficient (Wildman–Crippen LogP) is 3.86. The van der Waals surface area contributed by atoms with E-state index in [1.165, 1.54) is 0 Å². The number of hydrogen-bond donors (Lipinski definition) is 2. The summed E-state index contributed by atoms with van der Waals surface area (Å²) in [5.41, 5.74) is 5.01. The number of rotatable bonds is 4. The molecule has 0 radical (unpaired) electrons. The lowest BCUT2D eigenvalue weighted by Gasteiger charge is -2.08. The summed E-state index contributed by atoms with van der Waals surface area (Å²) in [7, 11) is 0. The molecule has 0 spiro atoms. The Morgan fingerprint density at radius 2 is 1.73 bits per heavy atom. The summed E-state index contributed by atoms with van der Waals surface area (Å²) in [5.74, 6) is 0.570. The number of H-pyrrole nitrogens is 1. The molecule has 0 fully saturated rings. The van der Waals surface area contributed by atoms with Gasteiger partial charge in [-0.2, -0.15) is 0 Å². The number of carbonyl (C=O) groups excluding carboxylic acids is 1. The van der Waals surface area contributed by atoms with Crippen molar-refractivity contribution in [1.29, 1.82) is 0 Å². The Morgan fingerprint density at radius 3 is 2.50 bits per heavy atom. The lowest BCUT2D eigenvalue weighted by atomic mass is 10.1. The summed E-state index contributed by atoms with van der Waals surface area (Å²) >= 11 is 0. The van der Waals surface area contributed by atoms with Gasteiger partial charge in [-0.25, -0.2) is 4.98 Å². The second kappa shape index (κ2) is 6.80. The molecule has 26 heavy (non-hydrogen) atoms. The van der Waals surface area contributed by atoms with Gasteiger partial charge in [0.25, 0.3) is 5.91 Å². The number of para-hydroxylation sites is 2. The van der Waals surface area contributed by atoms with E-state index in [0.717, 1.165) is 28.1 Å². The summed E-state index contributed by atoms with van der Waals surface area (Å²) in [6.45, 7) is 2.19. The number of carbonyl (C=O) groups is 1. The quantitative estimate of drug-likeness (QED) is 0.591. The lowest BCUT2D eigenvalue weighted by molar-refractivity contribution is 0.0949. The van der Waals surface area contributed by atoms with Crippen LogP contribution in [0, 0.1) is 6.92 Å². The van der Waals surface area contributed by atoms with Crippen molar-refractivity contribution in [3.8, 4) is 11.3 Å². The van der Waals surface area contributed by atoms with Crippen molar-refractivity contribution in [3.05, 3.63) is 83.8 Å². The van der Waals surface area contributed by atoms with Gasteiger partial charge in [-0.1, -0.05) is 42.5 Å². The standard InChI is InChI=1S/C21H18N4O/c1-14-16(11-12-17(23-14)15-7-3-2-4-8-15)21(26)22-13-20-24-18-9-5-6-10-19(18)25-20/h2-12H,13H2,1H3,(H,22,26)(H,24,25). The SMILES string of the molecule is Cc1nc(-c2ccccc2)ccc1C(=O)NCc1nc2ccccc2[nH]1. The Labute approximate surface area is 151 Å². The first-order valence-corrected chi connectivity index (χ1v) is 8.45. The van der Waals surface area contributed by atoms with Gasteiger partial charge in [-0.3, -0.25) is 9.78 Å². The van der Waals surface area contributed by atoms with Crippen molar-refractivity contribution in [2.45, 2.75) is 13.5 Å². The van der Waals surface area contributed by atoms with E-state index in [-0.39, 0.29) is 5.91 Å². The number of nitrogens with zero attached hydrogens (tertiary/aromatic N) is 2. The number of nitrogens with one attached hydrogen (secondary N) is 2. The largest absolute Gasteiger partial charge is 0.345 e. The maximum Gasteiger partial charge on any atom is 0.253 e. The molecule has 0 unspecified atom stereocenters. The molecule has 0 bridgehead atoms. The third-order valence-corrected chi connectivity index (χ3v) is 4.25. The van der Waals surface area contributed by atoms with Gasteiger partial charge in [-0.05, 0) is 31.2 Å². The van der Waals surface area contributed by atoms with Crippen LogP contribution < -0.4 is 5.32 Å². The summed E-state index contributed by atoms with van der Waals surface area (Å²) < 4.78 is 0. The van der Waals surface area contributed by atoms with Gasteiger partial charge in [-0.15, -0.1) is 0 Å². The van der Waals surface area contributed by atoms with Crippen molar-refractivity contribution in [1.82, 2.24) is 20.3 Å². The van der Waals surface area contributed by atoms with Crippen molar-refractivity contribution in [2.75, 3.05) is 0 Å². The van der Waals surface area contributed by atoms with E-state index in [2.05, 4.69) is 20.3 Å². The maximum absolute atomic E-state index is 12.5. The first-order valence-electron chi connectivity index (χ1n) is 8.45. The molecule has 0 aliphatic carbocycles. The van der Waals surface area contributed by atoms with Crippen molar-refractivity contribution in [3.63, 3.8) is 0 Å². The molecule has 2 aromatic heterocycles. The highest BCUT2D eigenvalue weighted by Gasteiger charge is 2.12. The molecule has 0 saturated heterocycles. The van der Waals surface area contributed by atoms with Crippen LogP contribution in [0.25, 0.3) is 22.3 Å². The number of amides is 1. The number of benzene rings is 2. The second-order valence-corrected chi connectivity index (χ2v) is 6.08. The first-order chi connectivity index (χ1) is 12.7. The minimum atomic E-state index is -0.157. The predicted molar refractivity (Wildman–Crippen MR) is 102 cm³/mol. The van der Waals surface area contributed by atoms with E-state index < -0.39 is 0 Å². The van der Waals surface area contributed by atoms with Crippen LogP contribution in [0.3, 0.4) is 0 Å². The van der Waals surface area contributed by atoms with E-state index in [9.17, 15) is 4.79 Å². The molecule has 0 saturated carbocycles. The zero-order valence-corrected chi connectivity index (χ0v) is 14.4. The van der Waals surface area contributed by atoms with Crippen LogP contribution in [0.5, 0.6) is 0 Å². The maximum atomic E-state index is 12.5. The Balaban J connectivity index is 1.49. The first kappa shape index (κ1) is 16.0. The van der Waals surface area contributed by atoms with Gasteiger partial charge < -0.3 is 10.3 Å². The fourth-order valence-electron chi connectivity index (χ4n) is 2.92. The molecule has 128 valence electrons. The molecule has 5 heteroatoms. The fraction of sp³-hybridized carbons (Fsp3) is 0.0952. The normalized spacial score (nSPS) is 10.8. The molecule has 2 N–H and O–H groups in total. The topological polar surface area (TPSA) is 70.7 Å². The smallest absolute Gasteiger partial charge is 0.253 e. The molecule has 1 amide bonds. The Bertz CT molecular complexity index is 1040. The minimum Gasteiger partial charge on any atom is -0.345 e. The number of imidazole rings is 1. The zero-order valence-electron chi connectivity index (χ0n) is 14.4. The molecular weight excluding hydrogens is 324 g/mol. The summed E-state index contributed by atoms with van der Waals surface area (Å²) in [4.78, 5) is 24.8. The highest BCUT2D eigenvalue weighted by atomic mass is 16.1. The van der Waals surface area contributed by atoms with Crippen LogP contribution in [0.2, 0.25) is 0 Å². The van der Waals surface area contributed by atoms with Crippen LogP contribution in [0.1, 0.15) is 21.9 Å². The van der Waals surface area contributed by atoms with Gasteiger partial charge in [0, 0.05) is 5.56 Å².